The molecule has 0 aromatic carbocycles. The van der Waals surface area contributed by atoms with Gasteiger partial charge in [-0.05, 0) is 4.94 Å². The van der Waals surface area contributed by atoms with Crippen LogP contribution in [0, 0.1) is 0 Å². The first kappa shape index (κ1) is 4.05. The fourth-order valence-electron chi connectivity index (χ4n) is 0.273. The molecular formula is C3H9N2O+. The first-order chi connectivity index (χ1) is 2.63. The summed E-state index contributed by atoms with van der Waals surface area (Å²) in [5.74, 6) is 0. The fraction of sp³-hybridized carbons (Fsp3) is 1.00. The van der Waals surface area contributed by atoms with Crippen molar-refractivity contribution in [3.63, 3.8) is 0 Å². The Morgan fingerprint density at radius 3 is 1.67 bits per heavy atom. The zero-order valence-corrected chi connectivity index (χ0v) is 4.30. The molecule has 6 heavy (non-hydrogen) atoms. The minimum atomic E-state index is 0.569. The second-order valence-electron chi connectivity index (χ2n) is 1.84. The molecule has 0 radical (unpaired) electrons. The molecule has 0 N–H and O–H groups in total. The summed E-state index contributed by atoms with van der Waals surface area (Å²) in [5.41, 5.74) is 0. The fourth-order valence-corrected chi connectivity index (χ4v) is 0.273. The summed E-state index contributed by atoms with van der Waals surface area (Å²) < 4.78 is 0.569. The summed E-state index contributed by atoms with van der Waals surface area (Å²) in [7, 11) is 5.81. The van der Waals surface area contributed by atoms with Crippen molar-refractivity contribution in [2.75, 3.05) is 21.1 Å². The molecule has 1 rings (SSSR count). The Bertz CT molecular complexity index is 71.2. The van der Waals surface area contributed by atoms with Crippen LogP contribution >= 0.6 is 0 Å². The standard InChI is InChI=1S/C3H9N2O/c1-4-5(2,3)6-4/h1-3H3/q+1. The van der Waals surface area contributed by atoms with Crippen molar-refractivity contribution in [3.8, 4) is 0 Å². The van der Waals surface area contributed by atoms with Crippen LogP contribution in [0.25, 0.3) is 0 Å². The van der Waals surface area contributed by atoms with Crippen LogP contribution in [0.3, 0.4) is 0 Å². The molecule has 1 fully saturated rings. The molecule has 3 nitrogen and oxygen atoms in total. The van der Waals surface area contributed by atoms with Gasteiger partial charge >= 0.3 is 0 Å². The lowest BCUT2D eigenvalue weighted by Crippen LogP contribution is -2.16. The number of quaternary nitrogens is 1. The maximum atomic E-state index is 4.88. The van der Waals surface area contributed by atoms with Crippen LogP contribution in [0.4, 0.5) is 0 Å². The van der Waals surface area contributed by atoms with Crippen LogP contribution in [-0.4, -0.2) is 31.1 Å². The number of rotatable bonds is 0. The SMILES string of the molecule is CN1O[N+]1(C)C. The maximum Gasteiger partial charge on any atom is 0.123 e. The summed E-state index contributed by atoms with van der Waals surface area (Å²) in [6.45, 7) is 0. The topological polar surface area (TPSA) is 15.5 Å². The minimum Gasteiger partial charge on any atom is -0.0566 e. The van der Waals surface area contributed by atoms with Gasteiger partial charge in [-0.15, -0.1) is 0 Å². The Balaban J connectivity index is 2.41. The molecule has 0 aliphatic carbocycles. The molecule has 3 heteroatoms. The van der Waals surface area contributed by atoms with Crippen molar-refractivity contribution in [2.45, 2.75) is 0 Å². The normalized spacial score (nSPS) is 39.5. The summed E-state index contributed by atoms with van der Waals surface area (Å²) >= 11 is 0. The van der Waals surface area contributed by atoms with E-state index in [4.69, 9.17) is 4.94 Å². The van der Waals surface area contributed by atoms with Crippen LogP contribution in [0.1, 0.15) is 0 Å². The number of hydrogen-bond donors (Lipinski definition) is 0. The van der Waals surface area contributed by atoms with E-state index in [0.717, 1.165) is 0 Å². The minimum absolute atomic E-state index is 0.569. The first-order valence-electron chi connectivity index (χ1n) is 1.91. The molecule has 0 saturated carbocycles. The second kappa shape index (κ2) is 0.753. The first-order valence-corrected chi connectivity index (χ1v) is 1.91. The van der Waals surface area contributed by atoms with Crippen molar-refractivity contribution < 1.29 is 9.69 Å². The van der Waals surface area contributed by atoms with Gasteiger partial charge in [0.2, 0.25) is 0 Å². The van der Waals surface area contributed by atoms with E-state index in [2.05, 4.69) is 0 Å². The van der Waals surface area contributed by atoms with E-state index in [1.165, 1.54) is 0 Å². The van der Waals surface area contributed by atoms with E-state index in [9.17, 15) is 0 Å². The van der Waals surface area contributed by atoms with Gasteiger partial charge in [0, 0.05) is 0 Å². The van der Waals surface area contributed by atoms with Crippen molar-refractivity contribution in [1.82, 2.24) is 5.17 Å². The number of nitrogens with zero attached hydrogens (tertiary/aromatic N) is 2. The third-order valence-electron chi connectivity index (χ3n) is 0.972. The Hall–Kier alpha value is -0.120. The third-order valence-corrected chi connectivity index (χ3v) is 0.972. The predicted octanol–water partition coefficient (Wildman–Crippen LogP) is -0.230. The molecule has 1 aliphatic heterocycles. The summed E-state index contributed by atoms with van der Waals surface area (Å²) in [4.78, 5) is 4.88. The quantitative estimate of drug-likeness (QED) is 0.301. The zero-order valence-electron chi connectivity index (χ0n) is 4.30. The van der Waals surface area contributed by atoms with Crippen molar-refractivity contribution >= 4 is 0 Å². The highest BCUT2D eigenvalue weighted by atomic mass is 17.1. The van der Waals surface area contributed by atoms with E-state index in [1.54, 1.807) is 5.17 Å². The van der Waals surface area contributed by atoms with Crippen LogP contribution in [0.2, 0.25) is 0 Å². The second-order valence-corrected chi connectivity index (χ2v) is 1.84. The summed E-state index contributed by atoms with van der Waals surface area (Å²) in [6.07, 6.45) is 0. The third kappa shape index (κ3) is 0.408. The van der Waals surface area contributed by atoms with Gasteiger partial charge in [-0.25, -0.2) is 0 Å². The summed E-state index contributed by atoms with van der Waals surface area (Å²) in [5, 5.41) is 1.75. The lowest BCUT2D eigenvalue weighted by atomic mass is 11.1. The molecule has 1 saturated heterocycles. The van der Waals surface area contributed by atoms with Gasteiger partial charge < -0.3 is 0 Å². The molecule has 0 spiro atoms. The predicted molar refractivity (Wildman–Crippen MR) is 21.0 cm³/mol. The molecular weight excluding hydrogens is 80.0 g/mol. The van der Waals surface area contributed by atoms with Crippen LogP contribution in [-0.2, 0) is 4.94 Å². The zero-order chi connectivity index (χ0) is 4.78. The van der Waals surface area contributed by atoms with Crippen LogP contribution in [0.5, 0.6) is 0 Å². The number of hydrogen-bond acceptors (Lipinski definition) is 2. The van der Waals surface area contributed by atoms with Gasteiger partial charge in [-0.1, -0.05) is 4.76 Å². The molecule has 1 unspecified atom stereocenters. The highest BCUT2D eigenvalue weighted by Gasteiger charge is 2.46. The Kier molecular flexibility index (Phi) is 0.508. The molecule has 0 aromatic rings. The van der Waals surface area contributed by atoms with E-state index < -0.39 is 0 Å². The van der Waals surface area contributed by atoms with Crippen molar-refractivity contribution in [3.05, 3.63) is 0 Å². The molecule has 0 aromatic heterocycles. The highest BCUT2D eigenvalue weighted by Crippen LogP contribution is 2.20. The molecule has 1 heterocycles. The molecule has 1 atom stereocenters. The van der Waals surface area contributed by atoms with Gasteiger partial charge in [0.1, 0.15) is 14.1 Å². The van der Waals surface area contributed by atoms with Gasteiger partial charge in [0.25, 0.3) is 0 Å². The van der Waals surface area contributed by atoms with E-state index in [0.29, 0.717) is 4.76 Å². The van der Waals surface area contributed by atoms with Gasteiger partial charge in [0.15, 0.2) is 0 Å². The van der Waals surface area contributed by atoms with Gasteiger partial charge in [0.05, 0.1) is 12.2 Å². The average Bonchev–Trinajstić information content (AvgIpc) is 1.73. The molecule has 0 bridgehead atoms. The molecule has 36 valence electrons. The van der Waals surface area contributed by atoms with E-state index >= 15 is 0 Å². The average molecular weight is 89.1 g/mol. The van der Waals surface area contributed by atoms with E-state index in [1.807, 2.05) is 21.1 Å². The van der Waals surface area contributed by atoms with E-state index in [-0.39, 0.29) is 0 Å². The van der Waals surface area contributed by atoms with Crippen LogP contribution in [0.15, 0.2) is 0 Å². The summed E-state index contributed by atoms with van der Waals surface area (Å²) in [6, 6.07) is 0. The van der Waals surface area contributed by atoms with Gasteiger partial charge in [-0.2, -0.15) is 0 Å². The smallest absolute Gasteiger partial charge is 0.0566 e. The van der Waals surface area contributed by atoms with Crippen molar-refractivity contribution in [2.24, 2.45) is 0 Å². The van der Waals surface area contributed by atoms with Gasteiger partial charge in [-0.3, -0.25) is 0 Å². The van der Waals surface area contributed by atoms with Crippen molar-refractivity contribution in [1.29, 1.82) is 0 Å². The lowest BCUT2D eigenvalue weighted by Gasteiger charge is -1.86. The largest absolute Gasteiger partial charge is 0.123 e. The molecule has 1 aliphatic rings. The molecule has 0 amide bonds. The highest BCUT2D eigenvalue weighted by molar-refractivity contribution is 4.00. The maximum absolute atomic E-state index is 4.88. The van der Waals surface area contributed by atoms with Crippen LogP contribution < -0.4 is 0 Å². The Morgan fingerprint density at radius 2 is 1.67 bits per heavy atom. The monoisotopic (exact) mass is 89.1 g/mol. The number of hydroxylamine groups is 3. The Morgan fingerprint density at radius 1 is 1.50 bits per heavy atom. The lowest BCUT2D eigenvalue weighted by molar-refractivity contribution is -0.911. The Labute approximate surface area is 37.2 Å².